The van der Waals surface area contributed by atoms with Crippen molar-refractivity contribution in [2.24, 2.45) is 10.4 Å². The molecule has 0 aliphatic carbocycles. The molecule has 2 amide bonds. The number of rotatable bonds is 9. The van der Waals surface area contributed by atoms with Gasteiger partial charge in [0.2, 0.25) is 16.9 Å². The summed E-state index contributed by atoms with van der Waals surface area (Å²) >= 11 is 2.51. The Hall–Kier alpha value is -2.50. The number of nitrogens with one attached hydrogen (secondary N) is 2. The summed E-state index contributed by atoms with van der Waals surface area (Å²) in [7, 11) is 0. The Balaban J connectivity index is 2.18. The van der Waals surface area contributed by atoms with Crippen molar-refractivity contribution >= 4 is 56.2 Å². The number of aliphatic hydroxyl groups excluding tert-OH is 1. The van der Waals surface area contributed by atoms with Crippen LogP contribution < -0.4 is 10.6 Å². The van der Waals surface area contributed by atoms with E-state index in [9.17, 15) is 19.5 Å². The van der Waals surface area contributed by atoms with Gasteiger partial charge in [-0.05, 0) is 32.6 Å². The minimum absolute atomic E-state index is 0.0446. The van der Waals surface area contributed by atoms with E-state index in [1.165, 1.54) is 29.6 Å². The fraction of sp³-hybridized carbons (Fsp3) is 0.565. The van der Waals surface area contributed by atoms with Gasteiger partial charge in [0.05, 0.1) is 26.9 Å². The minimum Gasteiger partial charge on any atom is -0.383 e. The van der Waals surface area contributed by atoms with Gasteiger partial charge in [0, 0.05) is 6.92 Å². The topological polar surface area (TPSA) is 134 Å². The number of amides is 2. The van der Waals surface area contributed by atoms with E-state index in [0.29, 0.717) is 45.1 Å². The Labute approximate surface area is 208 Å². The molecule has 0 spiro atoms. The summed E-state index contributed by atoms with van der Waals surface area (Å²) in [6.07, 6.45) is -0.133. The van der Waals surface area contributed by atoms with E-state index >= 15 is 0 Å². The molecule has 2 unspecified atom stereocenters. The predicted octanol–water partition coefficient (Wildman–Crippen LogP) is 4.19. The lowest BCUT2D eigenvalue weighted by molar-refractivity contribution is -0.137. The molecule has 0 aromatic carbocycles. The van der Waals surface area contributed by atoms with E-state index in [1.54, 1.807) is 27.7 Å². The average Bonchev–Trinajstić information content (AvgIpc) is 3.27. The highest BCUT2D eigenvalue weighted by molar-refractivity contribution is 7.18. The second-order valence-electron chi connectivity index (χ2n) is 9.21. The molecule has 2 aromatic heterocycles. The number of hydrogen-bond donors (Lipinski definition) is 3. The van der Waals surface area contributed by atoms with Gasteiger partial charge in [-0.25, -0.2) is 15.0 Å². The standard InChI is InChI=1S/C23H33N5O4S2/c1-9-10-15(27-20(32)18(30)23(6,7)8)19(31)28-22-25-12(3)16(33-22)11(2)24-21-26-13(4)17(34-21)14(5)29/h15,18,30H,9-10H2,1-8H3,(H,27,32)(H,25,28,31). The molecule has 2 aromatic rings. The number of aryl methyl sites for hydroxylation is 2. The van der Waals surface area contributed by atoms with Crippen molar-refractivity contribution in [2.75, 3.05) is 5.32 Å². The quantitative estimate of drug-likeness (QED) is 0.344. The number of aliphatic hydroxyl groups is 1. The maximum atomic E-state index is 12.9. The molecule has 9 nitrogen and oxygen atoms in total. The predicted molar refractivity (Wildman–Crippen MR) is 137 cm³/mol. The lowest BCUT2D eigenvalue weighted by Gasteiger charge is -2.26. The number of aliphatic imine (C=N–C) groups is 1. The second kappa shape index (κ2) is 11.3. The number of thiazole rings is 2. The molecule has 0 bridgehead atoms. The molecule has 0 fully saturated rings. The highest BCUT2D eigenvalue weighted by Gasteiger charge is 2.32. The first-order valence-corrected chi connectivity index (χ1v) is 12.7. The Morgan fingerprint density at radius 2 is 1.65 bits per heavy atom. The number of Topliss-reactive ketones (excluding diaryl/α,β-unsaturated/α-hetero) is 1. The van der Waals surface area contributed by atoms with Crippen molar-refractivity contribution in [2.45, 2.75) is 80.4 Å². The summed E-state index contributed by atoms with van der Waals surface area (Å²) in [6, 6.07) is -0.791. The third-order valence-corrected chi connectivity index (χ3v) is 7.34. The van der Waals surface area contributed by atoms with E-state index in [1.807, 2.05) is 20.8 Å². The molecule has 2 rings (SSSR count). The molecule has 2 atom stereocenters. The van der Waals surface area contributed by atoms with Crippen LogP contribution in [-0.4, -0.2) is 50.5 Å². The number of nitrogens with zero attached hydrogens (tertiary/aromatic N) is 3. The maximum Gasteiger partial charge on any atom is 0.250 e. The largest absolute Gasteiger partial charge is 0.383 e. The van der Waals surface area contributed by atoms with Crippen LogP contribution in [0.1, 0.15) is 80.3 Å². The zero-order valence-electron chi connectivity index (χ0n) is 20.9. The molecule has 0 aliphatic rings. The summed E-state index contributed by atoms with van der Waals surface area (Å²) in [5.41, 5.74) is 1.38. The lowest BCUT2D eigenvalue weighted by atomic mass is 9.88. The first-order chi connectivity index (χ1) is 15.7. The van der Waals surface area contributed by atoms with Gasteiger partial charge in [0.15, 0.2) is 10.9 Å². The van der Waals surface area contributed by atoms with Crippen LogP contribution >= 0.6 is 22.7 Å². The van der Waals surface area contributed by atoms with Crippen LogP contribution in [0.2, 0.25) is 0 Å². The lowest BCUT2D eigenvalue weighted by Crippen LogP contribution is -2.50. The van der Waals surface area contributed by atoms with E-state index in [2.05, 4.69) is 25.6 Å². The van der Waals surface area contributed by atoms with Crippen LogP contribution in [0, 0.1) is 19.3 Å². The molecule has 34 heavy (non-hydrogen) atoms. The van der Waals surface area contributed by atoms with E-state index in [4.69, 9.17) is 0 Å². The fourth-order valence-corrected chi connectivity index (χ4v) is 4.93. The van der Waals surface area contributed by atoms with Gasteiger partial charge in [-0.3, -0.25) is 14.4 Å². The first-order valence-electron chi connectivity index (χ1n) is 11.0. The Morgan fingerprint density at radius 3 is 2.18 bits per heavy atom. The zero-order valence-corrected chi connectivity index (χ0v) is 22.5. The SMILES string of the molecule is CCCC(NC(=O)C(O)C(C)(C)C)C(=O)Nc1nc(C)c(C(C)=Nc2nc(C)c(C(C)=O)s2)s1. The van der Waals surface area contributed by atoms with Crippen LogP contribution in [0.15, 0.2) is 4.99 Å². The molecule has 0 saturated heterocycles. The van der Waals surface area contributed by atoms with E-state index in [0.717, 1.165) is 4.88 Å². The number of hydrogen-bond acceptors (Lipinski definition) is 9. The number of carbonyl (C=O) groups excluding carboxylic acids is 3. The van der Waals surface area contributed by atoms with Crippen molar-refractivity contribution < 1.29 is 19.5 Å². The second-order valence-corrected chi connectivity index (χ2v) is 11.2. The first kappa shape index (κ1) is 27.7. The van der Waals surface area contributed by atoms with Crippen LogP contribution in [0.25, 0.3) is 0 Å². The number of ketones is 1. The van der Waals surface area contributed by atoms with Gasteiger partial charge in [0.1, 0.15) is 12.1 Å². The van der Waals surface area contributed by atoms with Crippen LogP contribution in [0.4, 0.5) is 10.3 Å². The summed E-state index contributed by atoms with van der Waals surface area (Å²) in [6.45, 7) is 14.1. The highest BCUT2D eigenvalue weighted by atomic mass is 32.1. The summed E-state index contributed by atoms with van der Waals surface area (Å²) < 4.78 is 0. The van der Waals surface area contributed by atoms with Gasteiger partial charge in [-0.2, -0.15) is 0 Å². The molecule has 0 radical (unpaired) electrons. The smallest absolute Gasteiger partial charge is 0.250 e. The Bertz CT molecular complexity index is 1100. The normalized spacial score (nSPS) is 14.0. The maximum absolute atomic E-state index is 12.9. The molecule has 186 valence electrons. The van der Waals surface area contributed by atoms with Gasteiger partial charge >= 0.3 is 0 Å². The van der Waals surface area contributed by atoms with Crippen molar-refractivity contribution in [3.8, 4) is 0 Å². The Morgan fingerprint density at radius 1 is 1.03 bits per heavy atom. The Kier molecular flexibility index (Phi) is 9.21. The van der Waals surface area contributed by atoms with Crippen molar-refractivity contribution in [1.29, 1.82) is 0 Å². The van der Waals surface area contributed by atoms with E-state index in [-0.39, 0.29) is 5.78 Å². The number of carbonyl (C=O) groups is 3. The van der Waals surface area contributed by atoms with Gasteiger partial charge in [0.25, 0.3) is 0 Å². The molecule has 2 heterocycles. The molecule has 3 N–H and O–H groups in total. The van der Waals surface area contributed by atoms with Crippen LogP contribution in [-0.2, 0) is 9.59 Å². The third-order valence-electron chi connectivity index (χ3n) is 5.00. The molecular weight excluding hydrogens is 474 g/mol. The van der Waals surface area contributed by atoms with Crippen LogP contribution in [0.3, 0.4) is 0 Å². The molecule has 0 saturated carbocycles. The fourth-order valence-electron chi connectivity index (χ4n) is 3.13. The molecule has 0 aliphatic heterocycles. The summed E-state index contributed by atoms with van der Waals surface area (Å²) in [5, 5.41) is 16.5. The van der Waals surface area contributed by atoms with Gasteiger partial charge in [-0.15, -0.1) is 0 Å². The molecular formula is C23H33N5O4S2. The number of anilines is 1. The third kappa shape index (κ3) is 7.00. The van der Waals surface area contributed by atoms with E-state index < -0.39 is 29.4 Å². The minimum atomic E-state index is -1.23. The summed E-state index contributed by atoms with van der Waals surface area (Å²) in [5.74, 6) is -1.02. The summed E-state index contributed by atoms with van der Waals surface area (Å²) in [4.78, 5) is 51.7. The van der Waals surface area contributed by atoms with Gasteiger partial charge in [-0.1, -0.05) is 56.8 Å². The average molecular weight is 508 g/mol. The zero-order chi connectivity index (χ0) is 25.8. The van der Waals surface area contributed by atoms with Crippen molar-refractivity contribution in [3.05, 3.63) is 21.1 Å². The highest BCUT2D eigenvalue weighted by Crippen LogP contribution is 2.29. The molecule has 11 heteroatoms. The van der Waals surface area contributed by atoms with Crippen LogP contribution in [0.5, 0.6) is 0 Å². The van der Waals surface area contributed by atoms with Crippen molar-refractivity contribution in [1.82, 2.24) is 15.3 Å². The monoisotopic (exact) mass is 507 g/mol. The van der Waals surface area contributed by atoms with Crippen molar-refractivity contribution in [3.63, 3.8) is 0 Å². The van der Waals surface area contributed by atoms with Gasteiger partial charge < -0.3 is 15.7 Å². The number of aromatic nitrogens is 2.